The Kier molecular flexibility index (Phi) is 3.83. The largest absolute Gasteiger partial charge is 0.493 e. The van der Waals surface area contributed by atoms with Gasteiger partial charge in [0.05, 0.1) is 19.0 Å². The van der Waals surface area contributed by atoms with Crippen LogP contribution in [0, 0.1) is 0 Å². The Bertz CT molecular complexity index is 730. The van der Waals surface area contributed by atoms with Crippen molar-refractivity contribution in [3.63, 3.8) is 0 Å². The molecule has 0 aliphatic rings. The maximum atomic E-state index is 5.40. The first kappa shape index (κ1) is 13.2. The van der Waals surface area contributed by atoms with Gasteiger partial charge in [0.1, 0.15) is 5.69 Å². The van der Waals surface area contributed by atoms with Gasteiger partial charge in [-0.2, -0.15) is 5.10 Å². The van der Waals surface area contributed by atoms with E-state index in [2.05, 4.69) is 17.2 Å². The Balaban J connectivity index is 1.92. The lowest BCUT2D eigenvalue weighted by atomic mass is 10.2. The molecule has 0 fully saturated rings. The Morgan fingerprint density at radius 3 is 2.24 bits per heavy atom. The molecule has 0 atom stereocenters. The van der Waals surface area contributed by atoms with E-state index >= 15 is 0 Å². The summed E-state index contributed by atoms with van der Waals surface area (Å²) in [4.78, 5) is 0. The molecular formula is C18H16N2O. The molecule has 3 aromatic rings. The third-order valence-electron chi connectivity index (χ3n) is 3.18. The van der Waals surface area contributed by atoms with Gasteiger partial charge in [-0.15, -0.1) is 0 Å². The fraction of sp³-hybridized carbons (Fsp3) is 0.0556. The summed E-state index contributed by atoms with van der Waals surface area (Å²) in [7, 11) is 1.66. The lowest BCUT2D eigenvalue weighted by Gasteiger charge is -1.98. The highest BCUT2D eigenvalue weighted by atomic mass is 16.5. The van der Waals surface area contributed by atoms with Gasteiger partial charge >= 0.3 is 0 Å². The molecule has 0 spiro atoms. The first-order valence-electron chi connectivity index (χ1n) is 6.79. The smallest absolute Gasteiger partial charge is 0.164 e. The van der Waals surface area contributed by atoms with Gasteiger partial charge in [0.15, 0.2) is 5.75 Å². The normalized spacial score (nSPS) is 10.9. The molecule has 0 radical (unpaired) electrons. The SMILES string of the molecule is COc1cn(-c2ccccc2)nc1C=Cc1ccccc1. The highest BCUT2D eigenvalue weighted by Gasteiger charge is 2.07. The van der Waals surface area contributed by atoms with Crippen molar-refractivity contribution in [2.75, 3.05) is 7.11 Å². The Hall–Kier alpha value is -2.81. The summed E-state index contributed by atoms with van der Waals surface area (Å²) in [6, 6.07) is 20.1. The van der Waals surface area contributed by atoms with Crippen LogP contribution in [0.3, 0.4) is 0 Å². The molecule has 0 N–H and O–H groups in total. The van der Waals surface area contributed by atoms with Crippen LogP contribution in [0.1, 0.15) is 11.3 Å². The van der Waals surface area contributed by atoms with Crippen LogP contribution in [-0.2, 0) is 0 Å². The predicted molar refractivity (Wildman–Crippen MR) is 85.5 cm³/mol. The van der Waals surface area contributed by atoms with Gasteiger partial charge in [-0.25, -0.2) is 4.68 Å². The van der Waals surface area contributed by atoms with Gasteiger partial charge in [-0.3, -0.25) is 0 Å². The van der Waals surface area contributed by atoms with Crippen LogP contribution in [0.15, 0.2) is 66.9 Å². The summed E-state index contributed by atoms with van der Waals surface area (Å²) < 4.78 is 7.22. The minimum atomic E-state index is 0.756. The molecule has 3 rings (SSSR count). The van der Waals surface area contributed by atoms with Crippen molar-refractivity contribution in [1.82, 2.24) is 9.78 Å². The predicted octanol–water partition coefficient (Wildman–Crippen LogP) is 4.05. The molecule has 0 saturated carbocycles. The molecule has 1 aromatic heterocycles. The van der Waals surface area contributed by atoms with Crippen molar-refractivity contribution < 1.29 is 4.74 Å². The topological polar surface area (TPSA) is 27.1 Å². The van der Waals surface area contributed by atoms with E-state index in [1.54, 1.807) is 7.11 Å². The number of aromatic nitrogens is 2. The summed E-state index contributed by atoms with van der Waals surface area (Å²) in [6.07, 6.45) is 5.88. The quantitative estimate of drug-likeness (QED) is 0.718. The number of hydrogen-bond donors (Lipinski definition) is 0. The van der Waals surface area contributed by atoms with Crippen molar-refractivity contribution in [3.05, 3.63) is 78.1 Å². The van der Waals surface area contributed by atoms with E-state index in [1.807, 2.05) is 71.6 Å². The fourth-order valence-electron chi connectivity index (χ4n) is 2.10. The summed E-state index contributed by atoms with van der Waals surface area (Å²) >= 11 is 0. The number of rotatable bonds is 4. The van der Waals surface area contributed by atoms with Gasteiger partial charge in [0.25, 0.3) is 0 Å². The number of hydrogen-bond acceptors (Lipinski definition) is 2. The molecule has 0 bridgehead atoms. The van der Waals surface area contributed by atoms with Crippen molar-refractivity contribution in [1.29, 1.82) is 0 Å². The first-order valence-corrected chi connectivity index (χ1v) is 6.79. The molecule has 1 heterocycles. The van der Waals surface area contributed by atoms with Gasteiger partial charge in [-0.05, 0) is 23.8 Å². The molecule has 3 nitrogen and oxygen atoms in total. The van der Waals surface area contributed by atoms with Crippen LogP contribution in [0.5, 0.6) is 5.75 Å². The van der Waals surface area contributed by atoms with Crippen molar-refractivity contribution >= 4 is 12.2 Å². The van der Waals surface area contributed by atoms with E-state index in [0.29, 0.717) is 0 Å². The highest BCUT2D eigenvalue weighted by Crippen LogP contribution is 2.21. The minimum Gasteiger partial charge on any atom is -0.493 e. The molecule has 0 aliphatic carbocycles. The van der Waals surface area contributed by atoms with E-state index in [4.69, 9.17) is 4.74 Å². The molecule has 0 saturated heterocycles. The van der Waals surface area contributed by atoms with Crippen LogP contribution < -0.4 is 4.74 Å². The first-order chi connectivity index (χ1) is 10.4. The van der Waals surface area contributed by atoms with Crippen LogP contribution in [0.4, 0.5) is 0 Å². The van der Waals surface area contributed by atoms with Crippen LogP contribution in [0.2, 0.25) is 0 Å². The van der Waals surface area contributed by atoms with Gasteiger partial charge in [0.2, 0.25) is 0 Å². The number of ether oxygens (including phenoxy) is 1. The zero-order chi connectivity index (χ0) is 14.5. The lowest BCUT2D eigenvalue weighted by molar-refractivity contribution is 0.413. The van der Waals surface area contributed by atoms with E-state index in [1.165, 1.54) is 0 Å². The molecule has 2 aromatic carbocycles. The molecular weight excluding hydrogens is 260 g/mol. The van der Waals surface area contributed by atoms with Crippen LogP contribution in [0.25, 0.3) is 17.8 Å². The second-order valence-electron chi connectivity index (χ2n) is 4.61. The average Bonchev–Trinajstić information content (AvgIpc) is 2.98. The second kappa shape index (κ2) is 6.09. The molecule has 0 aliphatic heterocycles. The summed E-state index contributed by atoms with van der Waals surface area (Å²) in [6.45, 7) is 0. The fourth-order valence-corrected chi connectivity index (χ4v) is 2.10. The lowest BCUT2D eigenvalue weighted by Crippen LogP contribution is -1.93. The van der Waals surface area contributed by atoms with E-state index in [-0.39, 0.29) is 0 Å². The molecule has 0 unspecified atom stereocenters. The summed E-state index contributed by atoms with van der Waals surface area (Å²) in [5.41, 5.74) is 2.95. The zero-order valence-electron chi connectivity index (χ0n) is 11.8. The Morgan fingerprint density at radius 2 is 1.57 bits per heavy atom. The molecule has 21 heavy (non-hydrogen) atoms. The molecule has 104 valence electrons. The van der Waals surface area contributed by atoms with Crippen LogP contribution >= 0.6 is 0 Å². The number of methoxy groups -OCH3 is 1. The van der Waals surface area contributed by atoms with Gasteiger partial charge in [0, 0.05) is 0 Å². The maximum Gasteiger partial charge on any atom is 0.164 e. The van der Waals surface area contributed by atoms with E-state index in [0.717, 1.165) is 22.7 Å². The molecule has 0 amide bonds. The van der Waals surface area contributed by atoms with Crippen molar-refractivity contribution in [2.24, 2.45) is 0 Å². The average molecular weight is 276 g/mol. The standard InChI is InChI=1S/C18H16N2O/c1-21-18-14-20(16-10-6-3-7-11-16)19-17(18)13-12-15-8-4-2-5-9-15/h2-14H,1H3. The van der Waals surface area contributed by atoms with E-state index < -0.39 is 0 Å². The second-order valence-corrected chi connectivity index (χ2v) is 4.61. The van der Waals surface area contributed by atoms with Gasteiger partial charge in [-0.1, -0.05) is 54.6 Å². The van der Waals surface area contributed by atoms with Crippen LogP contribution in [-0.4, -0.2) is 16.9 Å². The number of benzene rings is 2. The Morgan fingerprint density at radius 1 is 0.905 bits per heavy atom. The highest BCUT2D eigenvalue weighted by molar-refractivity contribution is 5.70. The maximum absolute atomic E-state index is 5.40. The third kappa shape index (κ3) is 3.03. The van der Waals surface area contributed by atoms with E-state index in [9.17, 15) is 0 Å². The van der Waals surface area contributed by atoms with Crippen molar-refractivity contribution in [2.45, 2.75) is 0 Å². The van der Waals surface area contributed by atoms with Gasteiger partial charge < -0.3 is 4.74 Å². The summed E-state index contributed by atoms with van der Waals surface area (Å²) in [5.74, 6) is 0.756. The van der Waals surface area contributed by atoms with Crippen molar-refractivity contribution in [3.8, 4) is 11.4 Å². The number of para-hydroxylation sites is 1. The third-order valence-corrected chi connectivity index (χ3v) is 3.18. The number of nitrogens with zero attached hydrogens (tertiary/aromatic N) is 2. The monoisotopic (exact) mass is 276 g/mol. The zero-order valence-corrected chi connectivity index (χ0v) is 11.8. The molecule has 3 heteroatoms. The summed E-state index contributed by atoms with van der Waals surface area (Å²) in [5, 5.41) is 4.57. The minimum absolute atomic E-state index is 0.756. The Labute approximate surface area is 124 Å².